The van der Waals surface area contributed by atoms with Gasteiger partial charge in [-0.1, -0.05) is 27.2 Å². The topological polar surface area (TPSA) is 12.0 Å². The van der Waals surface area contributed by atoms with Crippen LogP contribution in [0.2, 0.25) is 0 Å². The highest BCUT2D eigenvalue weighted by Crippen LogP contribution is 2.37. The smallest absolute Gasteiger partial charge is 0.00966 e. The van der Waals surface area contributed by atoms with Crippen molar-refractivity contribution in [3.8, 4) is 0 Å². The fourth-order valence-electron chi connectivity index (χ4n) is 2.99. The summed E-state index contributed by atoms with van der Waals surface area (Å²) in [4.78, 5) is 0. The van der Waals surface area contributed by atoms with Crippen molar-refractivity contribution in [2.75, 3.05) is 6.54 Å². The van der Waals surface area contributed by atoms with Crippen molar-refractivity contribution in [1.29, 1.82) is 0 Å². The van der Waals surface area contributed by atoms with Crippen molar-refractivity contribution in [2.45, 2.75) is 66.3 Å². The largest absolute Gasteiger partial charge is 0.312 e. The van der Waals surface area contributed by atoms with E-state index in [0.717, 1.165) is 23.7 Å². The fraction of sp³-hybridized carbons (Fsp3) is 1.00. The molecule has 0 aromatic rings. The molecule has 0 amide bonds. The highest BCUT2D eigenvalue weighted by Gasteiger charge is 2.30. The van der Waals surface area contributed by atoms with Gasteiger partial charge in [-0.3, -0.25) is 0 Å². The molecule has 0 aromatic carbocycles. The van der Waals surface area contributed by atoms with E-state index < -0.39 is 0 Å². The quantitative estimate of drug-likeness (QED) is 0.763. The molecular formula is C15H31N. The van der Waals surface area contributed by atoms with Crippen LogP contribution in [0.15, 0.2) is 0 Å². The Morgan fingerprint density at radius 2 is 1.81 bits per heavy atom. The summed E-state index contributed by atoms with van der Waals surface area (Å²) in [5.41, 5.74) is 0.268. The van der Waals surface area contributed by atoms with Gasteiger partial charge >= 0.3 is 0 Å². The third-order valence-corrected chi connectivity index (χ3v) is 4.06. The molecule has 1 nitrogen and oxygen atoms in total. The molecule has 0 spiro atoms. The third kappa shape index (κ3) is 4.45. The van der Waals surface area contributed by atoms with E-state index in [2.05, 4.69) is 46.9 Å². The molecule has 1 rings (SSSR count). The van der Waals surface area contributed by atoms with E-state index in [4.69, 9.17) is 0 Å². The minimum Gasteiger partial charge on any atom is -0.312 e. The molecule has 3 unspecified atom stereocenters. The Morgan fingerprint density at radius 1 is 1.19 bits per heavy atom. The Balaban J connectivity index is 2.49. The summed E-state index contributed by atoms with van der Waals surface area (Å²) < 4.78 is 0. The zero-order valence-electron chi connectivity index (χ0n) is 12.1. The first-order valence-electron chi connectivity index (χ1n) is 7.04. The maximum atomic E-state index is 3.69. The summed E-state index contributed by atoms with van der Waals surface area (Å²) in [7, 11) is 0. The molecule has 1 fully saturated rings. The maximum Gasteiger partial charge on any atom is 0.00966 e. The molecule has 1 heteroatoms. The monoisotopic (exact) mass is 225 g/mol. The summed E-state index contributed by atoms with van der Waals surface area (Å²) in [6.07, 6.45) is 4.29. The standard InChI is InChI=1S/C15H31N/c1-11(2)14-9-12(3)7-8-13(14)10-16-15(4,5)6/h11-14,16H,7-10H2,1-6H3. The molecule has 0 aliphatic heterocycles. The first-order chi connectivity index (χ1) is 7.29. The van der Waals surface area contributed by atoms with E-state index >= 15 is 0 Å². The van der Waals surface area contributed by atoms with Crippen LogP contribution >= 0.6 is 0 Å². The van der Waals surface area contributed by atoms with Gasteiger partial charge in [-0.2, -0.15) is 0 Å². The van der Waals surface area contributed by atoms with Gasteiger partial charge in [0.15, 0.2) is 0 Å². The van der Waals surface area contributed by atoms with Gasteiger partial charge in [-0.25, -0.2) is 0 Å². The van der Waals surface area contributed by atoms with E-state index in [-0.39, 0.29) is 5.54 Å². The molecule has 96 valence electrons. The lowest BCUT2D eigenvalue weighted by Crippen LogP contribution is -2.43. The number of hydrogen-bond acceptors (Lipinski definition) is 1. The lowest BCUT2D eigenvalue weighted by atomic mass is 9.70. The van der Waals surface area contributed by atoms with Crippen molar-refractivity contribution >= 4 is 0 Å². The first kappa shape index (κ1) is 14.0. The molecule has 0 bridgehead atoms. The normalized spacial score (nSPS) is 32.1. The second-order valence-electron chi connectivity index (χ2n) is 7.22. The van der Waals surface area contributed by atoms with Crippen LogP contribution in [0.5, 0.6) is 0 Å². The summed E-state index contributed by atoms with van der Waals surface area (Å²) in [5.74, 6) is 3.61. The van der Waals surface area contributed by atoms with Gasteiger partial charge in [-0.05, 0) is 63.8 Å². The van der Waals surface area contributed by atoms with Gasteiger partial charge in [0.05, 0.1) is 0 Å². The molecule has 0 saturated heterocycles. The lowest BCUT2D eigenvalue weighted by molar-refractivity contribution is 0.133. The number of rotatable bonds is 3. The van der Waals surface area contributed by atoms with Crippen molar-refractivity contribution in [3.05, 3.63) is 0 Å². The fourth-order valence-corrected chi connectivity index (χ4v) is 2.99. The molecule has 0 radical (unpaired) electrons. The van der Waals surface area contributed by atoms with Crippen LogP contribution in [0, 0.1) is 23.7 Å². The Morgan fingerprint density at radius 3 is 2.31 bits per heavy atom. The zero-order chi connectivity index (χ0) is 12.3. The van der Waals surface area contributed by atoms with Gasteiger partial charge in [-0.15, -0.1) is 0 Å². The predicted octanol–water partition coefficient (Wildman–Crippen LogP) is 4.08. The predicted molar refractivity (Wildman–Crippen MR) is 72.6 cm³/mol. The molecule has 1 N–H and O–H groups in total. The van der Waals surface area contributed by atoms with Crippen LogP contribution < -0.4 is 5.32 Å². The Hall–Kier alpha value is -0.0400. The summed E-state index contributed by atoms with van der Waals surface area (Å²) in [6, 6.07) is 0. The van der Waals surface area contributed by atoms with Crippen LogP contribution in [0.1, 0.15) is 60.8 Å². The van der Waals surface area contributed by atoms with Crippen LogP contribution in [0.25, 0.3) is 0 Å². The highest BCUT2D eigenvalue weighted by molar-refractivity contribution is 4.83. The summed E-state index contributed by atoms with van der Waals surface area (Å²) >= 11 is 0. The van der Waals surface area contributed by atoms with Gasteiger partial charge in [0.25, 0.3) is 0 Å². The number of hydrogen-bond donors (Lipinski definition) is 1. The van der Waals surface area contributed by atoms with Gasteiger partial charge in [0, 0.05) is 5.54 Å². The molecule has 16 heavy (non-hydrogen) atoms. The SMILES string of the molecule is CC1CCC(CNC(C)(C)C)C(C(C)C)C1. The molecule has 1 aliphatic carbocycles. The minimum absolute atomic E-state index is 0.268. The third-order valence-electron chi connectivity index (χ3n) is 4.06. The maximum absolute atomic E-state index is 3.69. The van der Waals surface area contributed by atoms with Crippen LogP contribution in [0.4, 0.5) is 0 Å². The van der Waals surface area contributed by atoms with Crippen molar-refractivity contribution < 1.29 is 0 Å². The first-order valence-corrected chi connectivity index (χ1v) is 7.04. The minimum atomic E-state index is 0.268. The number of nitrogens with one attached hydrogen (secondary N) is 1. The second kappa shape index (κ2) is 5.53. The van der Waals surface area contributed by atoms with E-state index in [1.165, 1.54) is 25.8 Å². The van der Waals surface area contributed by atoms with Gasteiger partial charge in [0.1, 0.15) is 0 Å². The summed E-state index contributed by atoms with van der Waals surface area (Å²) in [6.45, 7) is 15.2. The Bertz CT molecular complexity index is 202. The molecule has 0 aromatic heterocycles. The second-order valence-corrected chi connectivity index (χ2v) is 7.22. The van der Waals surface area contributed by atoms with E-state index in [0.29, 0.717) is 0 Å². The summed E-state index contributed by atoms with van der Waals surface area (Å²) in [5, 5.41) is 3.69. The Labute approximate surface area is 102 Å². The Kier molecular flexibility index (Phi) is 4.85. The molecule has 0 heterocycles. The van der Waals surface area contributed by atoms with E-state index in [9.17, 15) is 0 Å². The van der Waals surface area contributed by atoms with E-state index in [1.807, 2.05) is 0 Å². The van der Waals surface area contributed by atoms with Crippen LogP contribution in [0.3, 0.4) is 0 Å². The molecular weight excluding hydrogens is 194 g/mol. The van der Waals surface area contributed by atoms with Gasteiger partial charge < -0.3 is 5.32 Å². The van der Waals surface area contributed by atoms with E-state index in [1.54, 1.807) is 0 Å². The lowest BCUT2D eigenvalue weighted by Gasteiger charge is -2.39. The van der Waals surface area contributed by atoms with Crippen LogP contribution in [-0.2, 0) is 0 Å². The average Bonchev–Trinajstić information content (AvgIpc) is 2.14. The highest BCUT2D eigenvalue weighted by atomic mass is 14.9. The molecule has 1 aliphatic rings. The van der Waals surface area contributed by atoms with Crippen molar-refractivity contribution in [2.24, 2.45) is 23.7 Å². The van der Waals surface area contributed by atoms with Crippen LogP contribution in [-0.4, -0.2) is 12.1 Å². The van der Waals surface area contributed by atoms with Gasteiger partial charge in [0.2, 0.25) is 0 Å². The van der Waals surface area contributed by atoms with Crippen molar-refractivity contribution in [3.63, 3.8) is 0 Å². The van der Waals surface area contributed by atoms with Crippen molar-refractivity contribution in [1.82, 2.24) is 5.32 Å². The molecule has 3 atom stereocenters. The molecule has 1 saturated carbocycles. The zero-order valence-corrected chi connectivity index (χ0v) is 12.1. The average molecular weight is 225 g/mol.